The third kappa shape index (κ3) is 7.85. The summed E-state index contributed by atoms with van der Waals surface area (Å²) in [5.74, 6) is 0. The van der Waals surface area contributed by atoms with Crippen molar-refractivity contribution in [2.24, 2.45) is 0 Å². The van der Waals surface area contributed by atoms with Crippen molar-refractivity contribution < 1.29 is 9.13 Å². The lowest BCUT2D eigenvalue weighted by molar-refractivity contribution is 0.128. The van der Waals surface area contributed by atoms with Gasteiger partial charge >= 0.3 is 0 Å². The summed E-state index contributed by atoms with van der Waals surface area (Å²) in [6.07, 6.45) is 0.520. The monoisotopic (exact) mass is 149 g/mol. The zero-order valence-electron chi connectivity index (χ0n) is 6.53. The van der Waals surface area contributed by atoms with Crippen LogP contribution in [0, 0.1) is 0 Å². The maximum absolute atomic E-state index is 11.5. The van der Waals surface area contributed by atoms with E-state index < -0.39 is 0 Å². The Morgan fingerprint density at radius 3 is 2.80 bits per heavy atom. The summed E-state index contributed by atoms with van der Waals surface area (Å²) < 4.78 is 16.5. The van der Waals surface area contributed by atoms with E-state index in [9.17, 15) is 4.39 Å². The summed E-state index contributed by atoms with van der Waals surface area (Å²) in [6, 6.07) is 0. The zero-order chi connectivity index (χ0) is 7.66. The molecule has 0 atom stereocenters. The van der Waals surface area contributed by atoms with Gasteiger partial charge in [-0.05, 0) is 13.0 Å². The molecule has 0 aliphatic heterocycles. The van der Waals surface area contributed by atoms with E-state index in [1.54, 1.807) is 0 Å². The molecule has 2 nitrogen and oxygen atoms in total. The van der Waals surface area contributed by atoms with Crippen LogP contribution in [0.15, 0.2) is 0 Å². The van der Waals surface area contributed by atoms with E-state index in [4.69, 9.17) is 4.74 Å². The molecule has 0 aliphatic carbocycles. The third-order valence-corrected chi connectivity index (χ3v) is 1.10. The molecule has 0 fully saturated rings. The summed E-state index contributed by atoms with van der Waals surface area (Å²) in [5, 5.41) is 3.11. The molecule has 3 heteroatoms. The first-order valence-electron chi connectivity index (χ1n) is 3.76. The fourth-order valence-corrected chi connectivity index (χ4v) is 0.580. The molecule has 10 heavy (non-hydrogen) atoms. The maximum atomic E-state index is 11.5. The summed E-state index contributed by atoms with van der Waals surface area (Å²) >= 11 is 0. The van der Waals surface area contributed by atoms with Crippen LogP contribution in [0.25, 0.3) is 0 Å². The third-order valence-electron chi connectivity index (χ3n) is 1.10. The van der Waals surface area contributed by atoms with Crippen molar-refractivity contribution in [2.75, 3.05) is 33.0 Å². The molecular formula is C7H16FNO. The molecule has 0 aromatic heterocycles. The number of hydrogen-bond donors (Lipinski definition) is 1. The summed E-state index contributed by atoms with van der Waals surface area (Å²) in [7, 11) is 0. The van der Waals surface area contributed by atoms with Crippen LogP contribution in [-0.2, 0) is 4.74 Å². The highest BCUT2D eigenvalue weighted by atomic mass is 19.1. The minimum Gasteiger partial charge on any atom is -0.380 e. The molecule has 0 radical (unpaired) electrons. The highest BCUT2D eigenvalue weighted by Gasteiger charge is 1.86. The Bertz CT molecular complexity index is 53.6. The van der Waals surface area contributed by atoms with E-state index in [1.807, 2.05) is 6.92 Å². The van der Waals surface area contributed by atoms with E-state index >= 15 is 0 Å². The van der Waals surface area contributed by atoms with Gasteiger partial charge in [-0.2, -0.15) is 0 Å². The van der Waals surface area contributed by atoms with E-state index in [-0.39, 0.29) is 6.67 Å². The fourth-order valence-electron chi connectivity index (χ4n) is 0.580. The standard InChI is InChI=1S/C7H16FNO/c1-2-9-5-7-10-6-3-4-8/h9H,2-7H2,1H3. The quantitative estimate of drug-likeness (QED) is 0.545. The Morgan fingerprint density at radius 2 is 2.20 bits per heavy atom. The van der Waals surface area contributed by atoms with Crippen LogP contribution in [-0.4, -0.2) is 33.0 Å². The van der Waals surface area contributed by atoms with E-state index in [0.29, 0.717) is 19.6 Å². The second-order valence-electron chi connectivity index (χ2n) is 2.01. The number of halogens is 1. The predicted molar refractivity (Wildman–Crippen MR) is 40.0 cm³/mol. The van der Waals surface area contributed by atoms with Crippen LogP contribution >= 0.6 is 0 Å². The zero-order valence-corrected chi connectivity index (χ0v) is 6.53. The van der Waals surface area contributed by atoms with Crippen molar-refractivity contribution in [2.45, 2.75) is 13.3 Å². The first-order chi connectivity index (χ1) is 4.91. The molecule has 0 saturated carbocycles. The van der Waals surface area contributed by atoms with Gasteiger partial charge in [-0.15, -0.1) is 0 Å². The second kappa shape index (κ2) is 8.85. The van der Waals surface area contributed by atoms with Gasteiger partial charge in [0.2, 0.25) is 0 Å². The molecule has 0 saturated heterocycles. The van der Waals surface area contributed by atoms with Gasteiger partial charge in [-0.25, -0.2) is 0 Å². The van der Waals surface area contributed by atoms with Crippen molar-refractivity contribution >= 4 is 0 Å². The highest BCUT2D eigenvalue weighted by molar-refractivity contribution is 4.40. The molecule has 0 unspecified atom stereocenters. The molecule has 0 heterocycles. The van der Waals surface area contributed by atoms with Gasteiger partial charge in [0, 0.05) is 13.2 Å². The van der Waals surface area contributed by atoms with Crippen molar-refractivity contribution in [1.82, 2.24) is 5.32 Å². The van der Waals surface area contributed by atoms with E-state index in [2.05, 4.69) is 5.32 Å². The lowest BCUT2D eigenvalue weighted by Gasteiger charge is -2.01. The molecule has 0 aromatic carbocycles. The van der Waals surface area contributed by atoms with Crippen LogP contribution < -0.4 is 5.32 Å². The minimum absolute atomic E-state index is 0.277. The van der Waals surface area contributed by atoms with Crippen LogP contribution in [0.3, 0.4) is 0 Å². The van der Waals surface area contributed by atoms with Gasteiger partial charge in [0.25, 0.3) is 0 Å². The average molecular weight is 149 g/mol. The molecular weight excluding hydrogens is 133 g/mol. The van der Waals surface area contributed by atoms with Crippen LogP contribution in [0.2, 0.25) is 0 Å². The van der Waals surface area contributed by atoms with Crippen molar-refractivity contribution in [3.63, 3.8) is 0 Å². The number of alkyl halides is 1. The normalized spacial score (nSPS) is 10.2. The Balaban J connectivity index is 2.65. The molecule has 0 aliphatic rings. The first kappa shape index (κ1) is 9.85. The number of nitrogens with one attached hydrogen (secondary N) is 1. The molecule has 0 aromatic rings. The number of rotatable bonds is 7. The lowest BCUT2D eigenvalue weighted by Crippen LogP contribution is -2.19. The molecule has 62 valence electrons. The number of likely N-dealkylation sites (N-methyl/N-ethyl adjacent to an activating group) is 1. The Morgan fingerprint density at radius 1 is 1.40 bits per heavy atom. The van der Waals surface area contributed by atoms with Gasteiger partial charge in [0.05, 0.1) is 13.3 Å². The predicted octanol–water partition coefficient (Wildman–Crippen LogP) is 0.972. The molecule has 0 spiro atoms. The van der Waals surface area contributed by atoms with Gasteiger partial charge in [-0.3, -0.25) is 4.39 Å². The Labute approximate surface area is 61.8 Å². The number of hydrogen-bond acceptors (Lipinski definition) is 2. The Hall–Kier alpha value is -0.150. The van der Waals surface area contributed by atoms with Crippen LogP contribution in [0.4, 0.5) is 4.39 Å². The van der Waals surface area contributed by atoms with E-state index in [0.717, 1.165) is 13.1 Å². The van der Waals surface area contributed by atoms with Crippen molar-refractivity contribution in [3.05, 3.63) is 0 Å². The highest BCUT2D eigenvalue weighted by Crippen LogP contribution is 1.81. The molecule has 0 rings (SSSR count). The van der Waals surface area contributed by atoms with Gasteiger partial charge < -0.3 is 10.1 Å². The van der Waals surface area contributed by atoms with Gasteiger partial charge in [0.15, 0.2) is 0 Å². The lowest BCUT2D eigenvalue weighted by atomic mass is 10.5. The number of ether oxygens (including phenoxy) is 1. The minimum atomic E-state index is -0.277. The Kier molecular flexibility index (Phi) is 8.72. The molecule has 0 amide bonds. The van der Waals surface area contributed by atoms with E-state index in [1.165, 1.54) is 0 Å². The van der Waals surface area contributed by atoms with Crippen molar-refractivity contribution in [1.29, 1.82) is 0 Å². The summed E-state index contributed by atoms with van der Waals surface area (Å²) in [5.41, 5.74) is 0. The van der Waals surface area contributed by atoms with Crippen LogP contribution in [0.5, 0.6) is 0 Å². The van der Waals surface area contributed by atoms with Crippen LogP contribution in [0.1, 0.15) is 13.3 Å². The fraction of sp³-hybridized carbons (Fsp3) is 1.00. The molecule has 1 N–H and O–H groups in total. The largest absolute Gasteiger partial charge is 0.380 e. The summed E-state index contributed by atoms with van der Waals surface area (Å²) in [6.45, 7) is 4.83. The van der Waals surface area contributed by atoms with Crippen molar-refractivity contribution in [3.8, 4) is 0 Å². The first-order valence-corrected chi connectivity index (χ1v) is 3.76. The van der Waals surface area contributed by atoms with Gasteiger partial charge in [-0.1, -0.05) is 6.92 Å². The summed E-state index contributed by atoms with van der Waals surface area (Å²) in [4.78, 5) is 0. The SMILES string of the molecule is CCNCCOCCCF. The topological polar surface area (TPSA) is 21.3 Å². The van der Waals surface area contributed by atoms with Gasteiger partial charge in [0.1, 0.15) is 0 Å². The maximum Gasteiger partial charge on any atom is 0.0916 e. The second-order valence-corrected chi connectivity index (χ2v) is 2.01. The smallest absolute Gasteiger partial charge is 0.0916 e. The molecule has 0 bridgehead atoms. The average Bonchev–Trinajstić information content (AvgIpc) is 1.97.